The molecule has 1 amide bonds. The minimum absolute atomic E-state index is 0.276. The van der Waals surface area contributed by atoms with Gasteiger partial charge in [0, 0.05) is 17.1 Å². The van der Waals surface area contributed by atoms with Crippen LogP contribution < -0.4 is 10.1 Å². The summed E-state index contributed by atoms with van der Waals surface area (Å²) in [5.41, 5.74) is 4.83. The van der Waals surface area contributed by atoms with Gasteiger partial charge in [-0.2, -0.15) is 0 Å². The van der Waals surface area contributed by atoms with Crippen molar-refractivity contribution < 1.29 is 9.53 Å². The van der Waals surface area contributed by atoms with Crippen molar-refractivity contribution in [2.24, 2.45) is 0 Å². The molecule has 2 N–H and O–H groups in total. The van der Waals surface area contributed by atoms with E-state index < -0.39 is 0 Å². The Morgan fingerprint density at radius 3 is 2.71 bits per heavy atom. The highest BCUT2D eigenvalue weighted by Gasteiger charge is 2.11. The lowest BCUT2D eigenvalue weighted by molar-refractivity contribution is -0.111. The van der Waals surface area contributed by atoms with Gasteiger partial charge in [0.25, 0.3) is 0 Å². The topological polar surface area (TPSA) is 54.1 Å². The van der Waals surface area contributed by atoms with Crippen molar-refractivity contribution >= 4 is 22.5 Å². The minimum atomic E-state index is -0.276. The Balaban J connectivity index is 1.70. The number of benzene rings is 3. The molecule has 0 atom stereocenters. The lowest BCUT2D eigenvalue weighted by Crippen LogP contribution is -2.09. The van der Waals surface area contributed by atoms with Crippen LogP contribution in [0.1, 0.15) is 5.56 Å². The maximum absolute atomic E-state index is 11.9. The first-order valence-electron chi connectivity index (χ1n) is 9.05. The minimum Gasteiger partial charge on any atom is -0.487 e. The number of H-pyrrole nitrogens is 1. The van der Waals surface area contributed by atoms with Crippen molar-refractivity contribution in [1.29, 1.82) is 0 Å². The highest BCUT2D eigenvalue weighted by Crippen LogP contribution is 2.34. The van der Waals surface area contributed by atoms with E-state index in [0.29, 0.717) is 18.0 Å². The van der Waals surface area contributed by atoms with E-state index in [1.54, 1.807) is 0 Å². The van der Waals surface area contributed by atoms with Gasteiger partial charge in [0.2, 0.25) is 5.91 Å². The molecule has 0 bridgehead atoms. The number of carbonyl (C=O) groups is 1. The van der Waals surface area contributed by atoms with E-state index in [0.717, 1.165) is 27.6 Å². The van der Waals surface area contributed by atoms with Crippen LogP contribution in [-0.2, 0) is 11.4 Å². The van der Waals surface area contributed by atoms with Gasteiger partial charge in [-0.25, -0.2) is 0 Å². The number of nitrogens with one attached hydrogen (secondary N) is 2. The number of rotatable bonds is 6. The zero-order valence-corrected chi connectivity index (χ0v) is 15.3. The van der Waals surface area contributed by atoms with Crippen molar-refractivity contribution in [3.05, 3.63) is 97.2 Å². The van der Waals surface area contributed by atoms with Crippen LogP contribution in [0.15, 0.2) is 91.6 Å². The van der Waals surface area contributed by atoms with Gasteiger partial charge in [-0.3, -0.25) is 4.79 Å². The monoisotopic (exact) mass is 368 g/mol. The van der Waals surface area contributed by atoms with Crippen molar-refractivity contribution in [3.63, 3.8) is 0 Å². The molecule has 0 aliphatic carbocycles. The van der Waals surface area contributed by atoms with E-state index in [2.05, 4.69) is 22.9 Å². The second kappa shape index (κ2) is 7.84. The summed E-state index contributed by atoms with van der Waals surface area (Å²) in [7, 11) is 0. The van der Waals surface area contributed by atoms with Gasteiger partial charge in [0.05, 0.1) is 5.69 Å². The molecule has 0 saturated heterocycles. The quantitative estimate of drug-likeness (QED) is 0.439. The molecule has 1 aromatic heterocycles. The number of ether oxygens (including phenoxy) is 1. The molecule has 4 nitrogen and oxygen atoms in total. The third kappa shape index (κ3) is 3.67. The molecule has 138 valence electrons. The van der Waals surface area contributed by atoms with E-state index in [1.165, 1.54) is 6.08 Å². The van der Waals surface area contributed by atoms with Gasteiger partial charge in [-0.05, 0) is 47.0 Å². The van der Waals surface area contributed by atoms with Gasteiger partial charge >= 0.3 is 0 Å². The molecule has 0 saturated carbocycles. The Kier molecular flexibility index (Phi) is 4.93. The first-order valence-corrected chi connectivity index (χ1v) is 9.05. The summed E-state index contributed by atoms with van der Waals surface area (Å²) in [5.74, 6) is 0.339. The molecule has 1 heterocycles. The van der Waals surface area contributed by atoms with Crippen molar-refractivity contribution in [2.45, 2.75) is 6.61 Å². The fourth-order valence-electron chi connectivity index (χ4n) is 3.18. The SMILES string of the molecule is C=CC(=O)Nc1cc(-c2cccc3[nH]ccc23)ccc1OCc1ccccc1. The second-order valence-corrected chi connectivity index (χ2v) is 6.42. The summed E-state index contributed by atoms with van der Waals surface area (Å²) in [6, 6.07) is 23.9. The van der Waals surface area contributed by atoms with Gasteiger partial charge < -0.3 is 15.0 Å². The Hall–Kier alpha value is -3.79. The summed E-state index contributed by atoms with van der Waals surface area (Å²) in [6.07, 6.45) is 3.17. The molecular weight excluding hydrogens is 348 g/mol. The fourth-order valence-corrected chi connectivity index (χ4v) is 3.18. The first kappa shape index (κ1) is 17.6. The van der Waals surface area contributed by atoms with Crippen LogP contribution in [-0.4, -0.2) is 10.9 Å². The summed E-state index contributed by atoms with van der Waals surface area (Å²) in [5, 5.41) is 3.99. The third-order valence-corrected chi connectivity index (χ3v) is 4.57. The summed E-state index contributed by atoms with van der Waals surface area (Å²) >= 11 is 0. The summed E-state index contributed by atoms with van der Waals surface area (Å²) < 4.78 is 5.98. The average molecular weight is 368 g/mol. The van der Waals surface area contributed by atoms with E-state index >= 15 is 0 Å². The predicted octanol–water partition coefficient (Wildman–Crippen LogP) is 5.54. The van der Waals surface area contributed by atoms with Gasteiger partial charge in [-0.15, -0.1) is 0 Å². The lowest BCUT2D eigenvalue weighted by Gasteiger charge is -2.14. The number of fused-ring (bicyclic) bond motifs is 1. The largest absolute Gasteiger partial charge is 0.487 e. The van der Waals surface area contributed by atoms with Crippen LogP contribution in [0.4, 0.5) is 5.69 Å². The van der Waals surface area contributed by atoms with Crippen molar-refractivity contribution in [2.75, 3.05) is 5.32 Å². The standard InChI is InChI=1S/C24H20N2O2/c1-2-24(27)26-22-15-18(19-9-6-10-21-20(19)13-14-25-21)11-12-23(22)28-16-17-7-4-3-5-8-17/h2-15,25H,1,16H2,(H,26,27). The molecule has 0 unspecified atom stereocenters. The number of aromatic nitrogens is 1. The number of anilines is 1. The van der Waals surface area contributed by atoms with Crippen molar-refractivity contribution in [1.82, 2.24) is 4.98 Å². The Morgan fingerprint density at radius 1 is 1.04 bits per heavy atom. The van der Waals surface area contributed by atoms with E-state index in [4.69, 9.17) is 4.74 Å². The zero-order valence-electron chi connectivity index (χ0n) is 15.3. The molecule has 4 heteroatoms. The number of amides is 1. The molecule has 0 aliphatic rings. The van der Waals surface area contributed by atoms with Crippen LogP contribution in [0.25, 0.3) is 22.0 Å². The van der Waals surface area contributed by atoms with Gasteiger partial charge in [0.1, 0.15) is 12.4 Å². The smallest absolute Gasteiger partial charge is 0.247 e. The van der Waals surface area contributed by atoms with Gasteiger partial charge in [-0.1, -0.05) is 55.1 Å². The van der Waals surface area contributed by atoms with Crippen LogP contribution in [0.5, 0.6) is 5.75 Å². The number of carbonyl (C=O) groups excluding carboxylic acids is 1. The second-order valence-electron chi connectivity index (χ2n) is 6.42. The zero-order chi connectivity index (χ0) is 19.3. The number of hydrogen-bond donors (Lipinski definition) is 2. The molecular formula is C24H20N2O2. The first-order chi connectivity index (χ1) is 13.7. The van der Waals surface area contributed by atoms with Crippen LogP contribution >= 0.6 is 0 Å². The van der Waals surface area contributed by atoms with Crippen LogP contribution in [0.2, 0.25) is 0 Å². The Bertz CT molecular complexity index is 1130. The molecule has 0 aliphatic heterocycles. The molecule has 28 heavy (non-hydrogen) atoms. The average Bonchev–Trinajstić information content (AvgIpc) is 3.22. The van der Waals surface area contributed by atoms with Crippen molar-refractivity contribution in [3.8, 4) is 16.9 Å². The molecule has 0 radical (unpaired) electrons. The number of hydrogen-bond acceptors (Lipinski definition) is 2. The van der Waals surface area contributed by atoms with E-state index in [1.807, 2.05) is 72.9 Å². The number of aromatic amines is 1. The molecule has 4 rings (SSSR count). The molecule has 0 fully saturated rings. The Labute approximate surface area is 163 Å². The maximum Gasteiger partial charge on any atom is 0.247 e. The summed E-state index contributed by atoms with van der Waals surface area (Å²) in [6.45, 7) is 3.96. The molecule has 4 aromatic rings. The summed E-state index contributed by atoms with van der Waals surface area (Å²) in [4.78, 5) is 15.2. The normalized spacial score (nSPS) is 10.6. The van der Waals surface area contributed by atoms with Crippen LogP contribution in [0, 0.1) is 0 Å². The highest BCUT2D eigenvalue weighted by atomic mass is 16.5. The Morgan fingerprint density at radius 2 is 1.89 bits per heavy atom. The highest BCUT2D eigenvalue weighted by molar-refractivity contribution is 6.01. The molecule has 3 aromatic carbocycles. The maximum atomic E-state index is 11.9. The lowest BCUT2D eigenvalue weighted by atomic mass is 10.0. The predicted molar refractivity (Wildman–Crippen MR) is 113 cm³/mol. The van der Waals surface area contributed by atoms with Gasteiger partial charge in [0.15, 0.2) is 0 Å². The third-order valence-electron chi connectivity index (χ3n) is 4.57. The van der Waals surface area contributed by atoms with Crippen LogP contribution in [0.3, 0.4) is 0 Å². The molecule has 0 spiro atoms. The fraction of sp³-hybridized carbons (Fsp3) is 0.0417. The van der Waals surface area contributed by atoms with E-state index in [9.17, 15) is 4.79 Å². The van der Waals surface area contributed by atoms with E-state index in [-0.39, 0.29) is 5.91 Å².